The third-order valence-corrected chi connectivity index (χ3v) is 3.22. The molecule has 7 nitrogen and oxygen atoms in total. The van der Waals surface area contributed by atoms with Gasteiger partial charge in [0.05, 0.1) is 7.11 Å². The first-order valence-corrected chi connectivity index (χ1v) is 7.61. The number of halogens is 1. The predicted molar refractivity (Wildman–Crippen MR) is 91.3 cm³/mol. The van der Waals surface area contributed by atoms with Gasteiger partial charge >= 0.3 is 5.97 Å². The quantitative estimate of drug-likeness (QED) is 0.734. The van der Waals surface area contributed by atoms with Crippen molar-refractivity contribution in [1.29, 1.82) is 0 Å². The Morgan fingerprint density at radius 1 is 1.08 bits per heavy atom. The van der Waals surface area contributed by atoms with Crippen LogP contribution in [0.1, 0.15) is 10.4 Å². The molecule has 136 valence electrons. The average Bonchev–Trinajstić information content (AvgIpc) is 2.65. The minimum absolute atomic E-state index is 0.231. The van der Waals surface area contributed by atoms with Crippen molar-refractivity contribution >= 4 is 23.5 Å². The number of hydrogen-bond acceptors (Lipinski definition) is 5. The molecule has 0 unspecified atom stereocenters. The Morgan fingerprint density at radius 3 is 2.46 bits per heavy atom. The molecular weight excluding hydrogens is 343 g/mol. The molecule has 26 heavy (non-hydrogen) atoms. The van der Waals surface area contributed by atoms with Gasteiger partial charge in [0.15, 0.2) is 6.61 Å². The molecule has 0 aliphatic rings. The van der Waals surface area contributed by atoms with Crippen LogP contribution in [-0.2, 0) is 14.3 Å². The van der Waals surface area contributed by atoms with Gasteiger partial charge in [0.25, 0.3) is 11.8 Å². The lowest BCUT2D eigenvalue weighted by atomic mass is 10.2. The molecule has 2 rings (SSSR count). The molecule has 0 saturated carbocycles. The number of ether oxygens (including phenoxy) is 2. The van der Waals surface area contributed by atoms with Crippen LogP contribution in [0, 0.1) is 5.82 Å². The highest BCUT2D eigenvalue weighted by Gasteiger charge is 2.09. The summed E-state index contributed by atoms with van der Waals surface area (Å²) in [4.78, 5) is 34.7. The number of esters is 1. The van der Waals surface area contributed by atoms with E-state index in [4.69, 9.17) is 4.74 Å². The number of carbonyl (C=O) groups is 3. The summed E-state index contributed by atoms with van der Waals surface area (Å²) in [6.45, 7) is -0.518. The van der Waals surface area contributed by atoms with Crippen molar-refractivity contribution in [3.63, 3.8) is 0 Å². The van der Waals surface area contributed by atoms with E-state index in [1.165, 1.54) is 55.6 Å². The Morgan fingerprint density at radius 2 is 1.81 bits per heavy atom. The Hall–Kier alpha value is -3.42. The van der Waals surface area contributed by atoms with E-state index in [1.54, 1.807) is 0 Å². The number of amides is 2. The van der Waals surface area contributed by atoms with Crippen LogP contribution < -0.4 is 15.4 Å². The molecule has 2 aromatic carbocycles. The average molecular weight is 360 g/mol. The molecule has 0 aromatic heterocycles. The van der Waals surface area contributed by atoms with Crippen LogP contribution in [0.25, 0.3) is 0 Å². The van der Waals surface area contributed by atoms with E-state index in [2.05, 4.69) is 15.4 Å². The minimum Gasteiger partial charge on any atom is -0.484 e. The van der Waals surface area contributed by atoms with E-state index in [1.807, 2.05) is 0 Å². The molecule has 0 spiro atoms. The minimum atomic E-state index is -0.555. The summed E-state index contributed by atoms with van der Waals surface area (Å²) in [5.41, 5.74) is 0.783. The van der Waals surface area contributed by atoms with Crippen molar-refractivity contribution in [2.75, 3.05) is 25.6 Å². The van der Waals surface area contributed by atoms with E-state index in [0.29, 0.717) is 11.3 Å². The number of anilines is 1. The summed E-state index contributed by atoms with van der Waals surface area (Å²) < 4.78 is 22.6. The molecule has 0 saturated heterocycles. The Kier molecular flexibility index (Phi) is 6.67. The first-order valence-electron chi connectivity index (χ1n) is 7.61. The first kappa shape index (κ1) is 18.9. The third kappa shape index (κ3) is 5.90. The van der Waals surface area contributed by atoms with E-state index in [0.717, 1.165) is 0 Å². The second-order valence-electron chi connectivity index (χ2n) is 5.13. The standard InChI is InChI=1S/C18H17FN2O5/c1-25-17(23)10-20-18(24)12-5-7-14(8-6-12)21-16(22)11-26-15-4-2-3-13(19)9-15/h2-9H,10-11H2,1H3,(H,20,24)(H,21,22). The largest absolute Gasteiger partial charge is 0.484 e. The highest BCUT2D eigenvalue weighted by atomic mass is 19.1. The molecule has 2 aromatic rings. The van der Waals surface area contributed by atoms with Crippen LogP contribution in [0.3, 0.4) is 0 Å². The first-order chi connectivity index (χ1) is 12.5. The molecule has 0 heterocycles. The maximum atomic E-state index is 13.0. The van der Waals surface area contributed by atoms with Crippen LogP contribution in [0.15, 0.2) is 48.5 Å². The molecular formula is C18H17FN2O5. The second-order valence-corrected chi connectivity index (χ2v) is 5.13. The SMILES string of the molecule is COC(=O)CNC(=O)c1ccc(NC(=O)COc2cccc(F)c2)cc1. The van der Waals surface area contributed by atoms with Gasteiger partial charge in [-0.05, 0) is 36.4 Å². The maximum absolute atomic E-state index is 13.0. The second kappa shape index (κ2) is 9.16. The highest BCUT2D eigenvalue weighted by molar-refractivity contribution is 5.97. The zero-order valence-corrected chi connectivity index (χ0v) is 14.0. The van der Waals surface area contributed by atoms with Crippen molar-refractivity contribution in [3.05, 3.63) is 59.9 Å². The fraction of sp³-hybridized carbons (Fsp3) is 0.167. The van der Waals surface area contributed by atoms with Crippen molar-refractivity contribution in [2.45, 2.75) is 0 Å². The van der Waals surface area contributed by atoms with Crippen molar-refractivity contribution in [1.82, 2.24) is 5.32 Å². The van der Waals surface area contributed by atoms with Crippen LogP contribution >= 0.6 is 0 Å². The van der Waals surface area contributed by atoms with Gasteiger partial charge in [-0.1, -0.05) is 6.07 Å². The van der Waals surface area contributed by atoms with Gasteiger partial charge in [0.1, 0.15) is 18.1 Å². The molecule has 0 aliphatic carbocycles. The normalized spacial score (nSPS) is 9.92. The van der Waals surface area contributed by atoms with Crippen LogP contribution in [0.4, 0.5) is 10.1 Å². The lowest BCUT2D eigenvalue weighted by Gasteiger charge is -2.08. The third-order valence-electron chi connectivity index (χ3n) is 3.22. The molecule has 0 atom stereocenters. The smallest absolute Gasteiger partial charge is 0.325 e. The molecule has 8 heteroatoms. The number of hydrogen-bond donors (Lipinski definition) is 2. The molecule has 2 amide bonds. The van der Waals surface area contributed by atoms with E-state index < -0.39 is 23.6 Å². The van der Waals surface area contributed by atoms with Gasteiger partial charge in [-0.2, -0.15) is 0 Å². The Labute approximate surface area is 149 Å². The summed E-state index contributed by atoms with van der Waals surface area (Å²) in [7, 11) is 1.23. The molecule has 0 radical (unpaired) electrons. The summed E-state index contributed by atoms with van der Waals surface area (Å²) in [6, 6.07) is 11.5. The highest BCUT2D eigenvalue weighted by Crippen LogP contribution is 2.13. The van der Waals surface area contributed by atoms with Crippen molar-refractivity contribution in [2.24, 2.45) is 0 Å². The van der Waals surface area contributed by atoms with Gasteiger partial charge in [-0.25, -0.2) is 4.39 Å². The Balaban J connectivity index is 1.83. The summed E-state index contributed by atoms with van der Waals surface area (Å²) >= 11 is 0. The van der Waals surface area contributed by atoms with Gasteiger partial charge in [-0.15, -0.1) is 0 Å². The van der Waals surface area contributed by atoms with Crippen LogP contribution in [0.2, 0.25) is 0 Å². The lowest BCUT2D eigenvalue weighted by molar-refractivity contribution is -0.139. The van der Waals surface area contributed by atoms with Crippen LogP contribution in [-0.4, -0.2) is 38.0 Å². The fourth-order valence-electron chi connectivity index (χ4n) is 1.93. The molecule has 0 fully saturated rings. The monoisotopic (exact) mass is 360 g/mol. The van der Waals surface area contributed by atoms with E-state index in [-0.39, 0.29) is 18.9 Å². The number of methoxy groups -OCH3 is 1. The zero-order valence-electron chi connectivity index (χ0n) is 14.0. The van der Waals surface area contributed by atoms with E-state index >= 15 is 0 Å². The maximum Gasteiger partial charge on any atom is 0.325 e. The van der Waals surface area contributed by atoms with Crippen molar-refractivity contribution < 1.29 is 28.2 Å². The summed E-state index contributed by atoms with van der Waals surface area (Å²) in [6.07, 6.45) is 0. The number of nitrogens with one attached hydrogen (secondary N) is 2. The lowest BCUT2D eigenvalue weighted by Crippen LogP contribution is -2.30. The van der Waals surface area contributed by atoms with Gasteiger partial charge in [-0.3, -0.25) is 14.4 Å². The molecule has 0 aliphatic heterocycles. The molecule has 2 N–H and O–H groups in total. The summed E-state index contributed by atoms with van der Waals surface area (Å²) in [5.74, 6) is -1.64. The predicted octanol–water partition coefficient (Wildman–Crippen LogP) is 1.75. The molecule has 0 bridgehead atoms. The van der Waals surface area contributed by atoms with Gasteiger partial charge in [0, 0.05) is 17.3 Å². The van der Waals surface area contributed by atoms with E-state index in [9.17, 15) is 18.8 Å². The fourth-order valence-corrected chi connectivity index (χ4v) is 1.93. The zero-order chi connectivity index (χ0) is 18.9. The Bertz CT molecular complexity index is 792. The topological polar surface area (TPSA) is 93.7 Å². The van der Waals surface area contributed by atoms with Gasteiger partial charge < -0.3 is 20.1 Å². The number of carbonyl (C=O) groups excluding carboxylic acids is 3. The number of benzene rings is 2. The van der Waals surface area contributed by atoms with Crippen LogP contribution in [0.5, 0.6) is 5.75 Å². The number of rotatable bonds is 7. The van der Waals surface area contributed by atoms with Gasteiger partial charge in [0.2, 0.25) is 0 Å². The summed E-state index contributed by atoms with van der Waals surface area (Å²) in [5, 5.41) is 4.99. The van der Waals surface area contributed by atoms with Crippen molar-refractivity contribution in [3.8, 4) is 5.75 Å².